The van der Waals surface area contributed by atoms with E-state index in [1.807, 2.05) is 12.1 Å². The molecule has 0 unspecified atom stereocenters. The molecule has 2 N–H and O–H groups in total. The van der Waals surface area contributed by atoms with Crippen molar-refractivity contribution < 1.29 is 38.4 Å². The van der Waals surface area contributed by atoms with Gasteiger partial charge in [0.1, 0.15) is 0 Å². The first-order valence-corrected chi connectivity index (χ1v) is 13.0. The van der Waals surface area contributed by atoms with Crippen molar-refractivity contribution in [2.24, 2.45) is 5.92 Å². The highest BCUT2D eigenvalue weighted by atomic mass is 16.5. The van der Waals surface area contributed by atoms with Crippen LogP contribution in [0.25, 0.3) is 0 Å². The lowest BCUT2D eigenvalue weighted by Gasteiger charge is -2.29. The number of ether oxygens (including phenoxy) is 4. The third-order valence-corrected chi connectivity index (χ3v) is 6.74. The predicted octanol–water partition coefficient (Wildman–Crippen LogP) is 1.57. The van der Waals surface area contributed by atoms with Crippen LogP contribution in [-0.2, 0) is 33.3 Å². The maximum atomic E-state index is 12.8. The molecular weight excluding hydrogens is 482 g/mol. The largest absolute Gasteiger partial charge is 0.481 e. The molecule has 1 aliphatic carbocycles. The van der Waals surface area contributed by atoms with Crippen LogP contribution in [0.4, 0.5) is 0 Å². The van der Waals surface area contributed by atoms with Crippen LogP contribution in [0, 0.1) is 5.92 Å². The molecule has 0 aromatic carbocycles. The highest BCUT2D eigenvalue weighted by Gasteiger charge is 2.42. The van der Waals surface area contributed by atoms with Crippen LogP contribution < -0.4 is 5.32 Å². The molecule has 2 aliphatic rings. The first kappa shape index (κ1) is 29.0. The average Bonchev–Trinajstić information content (AvgIpc) is 3.20. The Morgan fingerprint density at radius 3 is 2.32 bits per heavy atom. The highest BCUT2D eigenvalue weighted by molar-refractivity contribution is 5.90. The molecule has 11 heteroatoms. The second-order valence-electron chi connectivity index (χ2n) is 9.35. The molecule has 2 fully saturated rings. The number of likely N-dealkylation sites (tertiary alicyclic amines) is 1. The van der Waals surface area contributed by atoms with Crippen LogP contribution in [0.3, 0.4) is 0 Å². The molecule has 2 atom stereocenters. The Morgan fingerprint density at radius 2 is 1.68 bits per heavy atom. The minimum atomic E-state index is -0.872. The number of hydrogen-bond acceptors (Lipinski definition) is 8. The maximum absolute atomic E-state index is 12.8. The number of nitrogens with one attached hydrogen (secondary N) is 1. The number of pyridine rings is 1. The van der Waals surface area contributed by atoms with Gasteiger partial charge in [0.25, 0.3) is 0 Å². The number of carbonyl (C=O) groups is 3. The smallest absolute Gasteiger partial charge is 0.305 e. The zero-order chi connectivity index (χ0) is 26.5. The minimum absolute atomic E-state index is 0.00213. The topological polar surface area (TPSA) is 137 Å². The summed E-state index contributed by atoms with van der Waals surface area (Å²) >= 11 is 0. The van der Waals surface area contributed by atoms with E-state index < -0.39 is 11.9 Å². The summed E-state index contributed by atoms with van der Waals surface area (Å²) in [7, 11) is 1.73. The summed E-state index contributed by atoms with van der Waals surface area (Å²) in [5.41, 5.74) is 0.861. The van der Waals surface area contributed by atoms with Gasteiger partial charge in [-0.1, -0.05) is 6.07 Å². The van der Waals surface area contributed by atoms with Crippen molar-refractivity contribution in [1.29, 1.82) is 0 Å². The SMILES string of the molecule is CN1C(=O)C[C@H](C(=O)NCCO[C@H]2CC[C@H](OCCOCCOCCC(=O)O)CC2)[C@H]1c1cccnc1. The summed E-state index contributed by atoms with van der Waals surface area (Å²) in [5, 5.41) is 11.5. The van der Waals surface area contributed by atoms with E-state index in [1.54, 1.807) is 24.3 Å². The van der Waals surface area contributed by atoms with Gasteiger partial charge in [-0.15, -0.1) is 0 Å². The fraction of sp³-hybridized carbons (Fsp3) is 0.692. The molecule has 1 saturated carbocycles. The van der Waals surface area contributed by atoms with Gasteiger partial charge in [0, 0.05) is 32.4 Å². The molecule has 3 rings (SSSR count). The van der Waals surface area contributed by atoms with Crippen LogP contribution in [0.2, 0.25) is 0 Å². The van der Waals surface area contributed by atoms with Gasteiger partial charge >= 0.3 is 5.97 Å². The number of hydrogen-bond donors (Lipinski definition) is 2. The van der Waals surface area contributed by atoms with E-state index in [4.69, 9.17) is 24.1 Å². The lowest BCUT2D eigenvalue weighted by Crippen LogP contribution is -2.37. The number of amides is 2. The van der Waals surface area contributed by atoms with Gasteiger partial charge in [0.2, 0.25) is 11.8 Å². The number of rotatable bonds is 16. The van der Waals surface area contributed by atoms with Crippen molar-refractivity contribution >= 4 is 17.8 Å². The number of carbonyl (C=O) groups excluding carboxylic acids is 2. The van der Waals surface area contributed by atoms with Crippen LogP contribution in [0.5, 0.6) is 0 Å². The van der Waals surface area contributed by atoms with Gasteiger partial charge in [-0.05, 0) is 37.3 Å². The van der Waals surface area contributed by atoms with Gasteiger partial charge in [0.15, 0.2) is 0 Å². The van der Waals surface area contributed by atoms with Crippen molar-refractivity contribution in [2.45, 2.75) is 56.8 Å². The van der Waals surface area contributed by atoms with Gasteiger partial charge in [-0.3, -0.25) is 19.4 Å². The minimum Gasteiger partial charge on any atom is -0.481 e. The third-order valence-electron chi connectivity index (χ3n) is 6.74. The monoisotopic (exact) mass is 521 g/mol. The summed E-state index contributed by atoms with van der Waals surface area (Å²) in [6, 6.07) is 3.40. The summed E-state index contributed by atoms with van der Waals surface area (Å²) in [4.78, 5) is 41.2. The number of aromatic nitrogens is 1. The molecular formula is C26H39N3O8. The molecule has 0 spiro atoms. The van der Waals surface area contributed by atoms with Gasteiger partial charge < -0.3 is 34.3 Å². The Hall–Kier alpha value is -2.60. The Labute approximate surface area is 217 Å². The summed E-state index contributed by atoms with van der Waals surface area (Å²) in [6.07, 6.45) is 7.55. The Kier molecular flexibility index (Phi) is 12.2. The summed E-state index contributed by atoms with van der Waals surface area (Å²) in [6.45, 7) is 2.80. The van der Waals surface area contributed by atoms with Crippen molar-refractivity contribution in [3.63, 3.8) is 0 Å². The van der Waals surface area contributed by atoms with E-state index in [2.05, 4.69) is 10.3 Å². The second-order valence-corrected chi connectivity index (χ2v) is 9.35. The van der Waals surface area contributed by atoms with Crippen molar-refractivity contribution in [2.75, 3.05) is 53.2 Å². The average molecular weight is 522 g/mol. The van der Waals surface area contributed by atoms with Crippen molar-refractivity contribution in [3.8, 4) is 0 Å². The number of aliphatic carboxylic acids is 1. The lowest BCUT2D eigenvalue weighted by molar-refractivity contribution is -0.138. The van der Waals surface area contributed by atoms with Crippen molar-refractivity contribution in [1.82, 2.24) is 15.2 Å². The molecule has 1 aromatic heterocycles. The predicted molar refractivity (Wildman–Crippen MR) is 133 cm³/mol. The second kappa shape index (κ2) is 15.6. The quantitative estimate of drug-likeness (QED) is 0.311. The van der Waals surface area contributed by atoms with Gasteiger partial charge in [0.05, 0.1) is 70.2 Å². The van der Waals surface area contributed by atoms with Crippen molar-refractivity contribution in [3.05, 3.63) is 30.1 Å². The first-order valence-electron chi connectivity index (χ1n) is 13.0. The van der Waals surface area contributed by atoms with E-state index >= 15 is 0 Å². The molecule has 2 heterocycles. The van der Waals surface area contributed by atoms with E-state index in [-0.39, 0.29) is 49.5 Å². The van der Waals surface area contributed by atoms with Crippen LogP contribution in [0.1, 0.15) is 50.1 Å². The molecule has 0 bridgehead atoms. The van der Waals surface area contributed by atoms with Crippen LogP contribution in [0.15, 0.2) is 24.5 Å². The molecule has 1 saturated heterocycles. The first-order chi connectivity index (χ1) is 18.0. The molecule has 37 heavy (non-hydrogen) atoms. The van der Waals surface area contributed by atoms with Gasteiger partial charge in [-0.2, -0.15) is 0 Å². The van der Waals surface area contributed by atoms with Crippen LogP contribution >= 0.6 is 0 Å². The van der Waals surface area contributed by atoms with E-state index in [1.165, 1.54) is 0 Å². The zero-order valence-corrected chi connectivity index (χ0v) is 21.5. The zero-order valence-electron chi connectivity index (χ0n) is 21.5. The number of nitrogens with zero attached hydrogens (tertiary/aromatic N) is 2. The summed E-state index contributed by atoms with van der Waals surface area (Å²) in [5.74, 6) is -1.50. The lowest BCUT2D eigenvalue weighted by atomic mass is 9.94. The summed E-state index contributed by atoms with van der Waals surface area (Å²) < 4.78 is 22.4. The molecule has 1 aliphatic heterocycles. The molecule has 1 aromatic rings. The fourth-order valence-corrected chi connectivity index (χ4v) is 4.76. The Morgan fingerprint density at radius 1 is 1.03 bits per heavy atom. The molecule has 0 radical (unpaired) electrons. The number of carboxylic acid groups (broad SMARTS) is 1. The normalized spacial score (nSPS) is 23.8. The number of carboxylic acids is 1. The van der Waals surface area contributed by atoms with E-state index in [9.17, 15) is 14.4 Å². The van der Waals surface area contributed by atoms with E-state index in [0.29, 0.717) is 39.6 Å². The molecule has 2 amide bonds. The maximum Gasteiger partial charge on any atom is 0.305 e. The standard InChI is InChI=1S/C26H39N3O8/c1-29-23(30)17-22(25(29)19-3-2-9-27-18-19)26(33)28-10-12-36-20-4-6-21(7-5-20)37-16-15-35-14-13-34-11-8-24(31)32/h2-3,9,18,20-22,25H,4-8,10-17H2,1H3,(H,28,33)(H,31,32)/t20-,21-,22-,25+/m0/s1. The third kappa shape index (κ3) is 9.66. The van der Waals surface area contributed by atoms with Gasteiger partial charge in [-0.25, -0.2) is 0 Å². The van der Waals surface area contributed by atoms with E-state index in [0.717, 1.165) is 31.2 Å². The Bertz CT molecular complexity index is 847. The van der Waals surface area contributed by atoms with Crippen LogP contribution in [-0.4, -0.2) is 98.2 Å². The fourth-order valence-electron chi connectivity index (χ4n) is 4.76. The molecule has 206 valence electrons. The Balaban J connectivity index is 1.22. The molecule has 11 nitrogen and oxygen atoms in total. The highest BCUT2D eigenvalue weighted by Crippen LogP contribution is 2.36.